The summed E-state index contributed by atoms with van der Waals surface area (Å²) in [5.74, 6) is 1.49. The zero-order chi connectivity index (χ0) is 21.0. The SMILES string of the molecule is NCCCC[C@H](NC(=O)OCc1ccccc1)c1cccc(Oc2ccccc2)c1. The van der Waals surface area contributed by atoms with Crippen molar-refractivity contribution in [2.45, 2.75) is 31.9 Å². The van der Waals surface area contributed by atoms with Crippen LogP contribution in [0.15, 0.2) is 84.9 Å². The lowest BCUT2D eigenvalue weighted by atomic mass is 10.0. The van der Waals surface area contributed by atoms with Gasteiger partial charge in [-0.3, -0.25) is 0 Å². The van der Waals surface area contributed by atoms with Crippen LogP contribution in [-0.2, 0) is 11.3 Å². The number of rotatable bonds is 10. The quantitative estimate of drug-likeness (QED) is 0.433. The number of nitrogens with two attached hydrogens (primary N) is 1. The highest BCUT2D eigenvalue weighted by Crippen LogP contribution is 2.27. The van der Waals surface area contributed by atoms with Crippen LogP contribution in [0, 0.1) is 0 Å². The second-order valence-corrected chi connectivity index (χ2v) is 7.03. The summed E-state index contributed by atoms with van der Waals surface area (Å²) in [6.07, 6.45) is 2.14. The van der Waals surface area contributed by atoms with Crippen LogP contribution in [-0.4, -0.2) is 12.6 Å². The van der Waals surface area contributed by atoms with E-state index in [2.05, 4.69) is 5.32 Å². The molecule has 0 saturated carbocycles. The number of benzene rings is 3. The van der Waals surface area contributed by atoms with Gasteiger partial charge in [-0.15, -0.1) is 0 Å². The maximum atomic E-state index is 12.4. The van der Waals surface area contributed by atoms with E-state index in [1.54, 1.807) is 0 Å². The zero-order valence-electron chi connectivity index (χ0n) is 17.0. The first kappa shape index (κ1) is 21.4. The Bertz CT molecular complexity index is 901. The molecular formula is C25H28N2O3. The van der Waals surface area contributed by atoms with Gasteiger partial charge >= 0.3 is 6.09 Å². The molecule has 3 rings (SSSR count). The van der Waals surface area contributed by atoms with Gasteiger partial charge in [0.1, 0.15) is 18.1 Å². The summed E-state index contributed by atoms with van der Waals surface area (Å²) in [6, 6.07) is 26.8. The monoisotopic (exact) mass is 404 g/mol. The van der Waals surface area contributed by atoms with E-state index in [9.17, 15) is 4.79 Å². The van der Waals surface area contributed by atoms with E-state index < -0.39 is 6.09 Å². The van der Waals surface area contributed by atoms with E-state index in [1.165, 1.54) is 0 Å². The molecule has 3 N–H and O–H groups in total. The van der Waals surface area contributed by atoms with Crippen molar-refractivity contribution in [1.29, 1.82) is 0 Å². The molecule has 0 heterocycles. The summed E-state index contributed by atoms with van der Waals surface area (Å²) in [6.45, 7) is 0.863. The fourth-order valence-corrected chi connectivity index (χ4v) is 3.14. The number of ether oxygens (including phenoxy) is 2. The number of hydrogen-bond donors (Lipinski definition) is 2. The van der Waals surface area contributed by atoms with Crippen molar-refractivity contribution in [3.63, 3.8) is 0 Å². The number of hydrogen-bond acceptors (Lipinski definition) is 4. The molecule has 156 valence electrons. The van der Waals surface area contributed by atoms with Crippen molar-refractivity contribution in [3.05, 3.63) is 96.1 Å². The van der Waals surface area contributed by atoms with Crippen molar-refractivity contribution >= 4 is 6.09 Å². The van der Waals surface area contributed by atoms with E-state index in [1.807, 2.05) is 84.9 Å². The molecule has 1 amide bonds. The Morgan fingerprint density at radius 1 is 0.867 bits per heavy atom. The molecule has 0 radical (unpaired) electrons. The number of unbranched alkanes of at least 4 members (excludes halogenated alkanes) is 1. The number of para-hydroxylation sites is 1. The normalized spacial score (nSPS) is 11.5. The maximum Gasteiger partial charge on any atom is 0.407 e. The second-order valence-electron chi connectivity index (χ2n) is 7.03. The highest BCUT2D eigenvalue weighted by Gasteiger charge is 2.16. The van der Waals surface area contributed by atoms with Gasteiger partial charge in [-0.2, -0.15) is 0 Å². The first-order chi connectivity index (χ1) is 14.7. The molecule has 0 saturated heterocycles. The van der Waals surface area contributed by atoms with Crippen molar-refractivity contribution < 1.29 is 14.3 Å². The smallest absolute Gasteiger partial charge is 0.407 e. The second kappa shape index (κ2) is 11.6. The average Bonchev–Trinajstić information content (AvgIpc) is 2.79. The van der Waals surface area contributed by atoms with Gasteiger partial charge in [0.05, 0.1) is 6.04 Å². The molecule has 0 fully saturated rings. The maximum absolute atomic E-state index is 12.4. The lowest BCUT2D eigenvalue weighted by Crippen LogP contribution is -2.29. The van der Waals surface area contributed by atoms with Crippen molar-refractivity contribution in [2.75, 3.05) is 6.54 Å². The highest BCUT2D eigenvalue weighted by atomic mass is 16.5. The van der Waals surface area contributed by atoms with Crippen molar-refractivity contribution in [1.82, 2.24) is 5.32 Å². The Hall–Kier alpha value is -3.31. The van der Waals surface area contributed by atoms with Crippen molar-refractivity contribution in [3.8, 4) is 11.5 Å². The van der Waals surface area contributed by atoms with Crippen LogP contribution in [0.3, 0.4) is 0 Å². The molecule has 0 aliphatic carbocycles. The van der Waals surface area contributed by atoms with E-state index in [4.69, 9.17) is 15.2 Å². The molecule has 0 aromatic heterocycles. The molecule has 3 aromatic carbocycles. The summed E-state index contributed by atoms with van der Waals surface area (Å²) in [7, 11) is 0. The molecule has 5 nitrogen and oxygen atoms in total. The standard InChI is InChI=1S/C25H28N2O3/c26-17-8-7-16-24(27-25(28)29-19-20-10-3-1-4-11-20)21-12-9-15-23(18-21)30-22-13-5-2-6-14-22/h1-6,9-15,18,24H,7-8,16-17,19,26H2,(H,27,28)/t24-/m0/s1. The lowest BCUT2D eigenvalue weighted by molar-refractivity contribution is 0.135. The molecular weight excluding hydrogens is 376 g/mol. The molecule has 0 unspecified atom stereocenters. The minimum Gasteiger partial charge on any atom is -0.457 e. The molecule has 0 aliphatic rings. The molecule has 1 atom stereocenters. The highest BCUT2D eigenvalue weighted by molar-refractivity contribution is 5.68. The third-order valence-electron chi connectivity index (χ3n) is 4.69. The summed E-state index contributed by atoms with van der Waals surface area (Å²) in [4.78, 5) is 12.4. The van der Waals surface area contributed by atoms with Gasteiger partial charge in [0.15, 0.2) is 0 Å². The van der Waals surface area contributed by atoms with Gasteiger partial charge in [-0.1, -0.05) is 60.7 Å². The fraction of sp³-hybridized carbons (Fsp3) is 0.240. The largest absolute Gasteiger partial charge is 0.457 e. The fourth-order valence-electron chi connectivity index (χ4n) is 3.14. The molecule has 0 bridgehead atoms. The van der Waals surface area contributed by atoms with Gasteiger partial charge in [-0.25, -0.2) is 4.79 Å². The Labute approximate surface area is 177 Å². The Balaban J connectivity index is 1.66. The van der Waals surface area contributed by atoms with Crippen LogP contribution in [0.25, 0.3) is 0 Å². The molecule has 0 aliphatic heterocycles. The van der Waals surface area contributed by atoms with Crippen LogP contribution in [0.5, 0.6) is 11.5 Å². The van der Waals surface area contributed by atoms with Crippen LogP contribution < -0.4 is 15.8 Å². The van der Waals surface area contributed by atoms with Gasteiger partial charge in [-0.05, 0) is 61.2 Å². The van der Waals surface area contributed by atoms with Gasteiger partial charge < -0.3 is 20.5 Å². The van der Waals surface area contributed by atoms with Crippen LogP contribution in [0.4, 0.5) is 4.79 Å². The minimum absolute atomic E-state index is 0.181. The predicted molar refractivity (Wildman–Crippen MR) is 118 cm³/mol. The van der Waals surface area contributed by atoms with Gasteiger partial charge in [0.25, 0.3) is 0 Å². The first-order valence-corrected chi connectivity index (χ1v) is 10.2. The third-order valence-corrected chi connectivity index (χ3v) is 4.69. The number of carbonyl (C=O) groups is 1. The van der Waals surface area contributed by atoms with Crippen LogP contribution in [0.1, 0.15) is 36.4 Å². The number of nitrogens with one attached hydrogen (secondary N) is 1. The van der Waals surface area contributed by atoms with Gasteiger partial charge in [0, 0.05) is 0 Å². The first-order valence-electron chi connectivity index (χ1n) is 10.2. The molecule has 30 heavy (non-hydrogen) atoms. The van der Waals surface area contributed by atoms with Crippen LogP contribution >= 0.6 is 0 Å². The molecule has 0 spiro atoms. The summed E-state index contributed by atoms with van der Waals surface area (Å²) < 4.78 is 11.3. The van der Waals surface area contributed by atoms with Crippen molar-refractivity contribution in [2.24, 2.45) is 5.73 Å². The third kappa shape index (κ3) is 6.94. The number of amides is 1. The average molecular weight is 405 g/mol. The minimum atomic E-state index is -0.439. The van der Waals surface area contributed by atoms with E-state index in [0.29, 0.717) is 6.54 Å². The topological polar surface area (TPSA) is 73.6 Å². The summed E-state index contributed by atoms with van der Waals surface area (Å²) in [5, 5.41) is 3.00. The van der Waals surface area contributed by atoms with Gasteiger partial charge in [0.2, 0.25) is 0 Å². The zero-order valence-corrected chi connectivity index (χ0v) is 17.0. The predicted octanol–water partition coefficient (Wildman–Crippen LogP) is 5.58. The van der Waals surface area contributed by atoms with E-state index in [-0.39, 0.29) is 12.6 Å². The lowest BCUT2D eigenvalue weighted by Gasteiger charge is -2.20. The number of alkyl carbamates (subject to hydrolysis) is 1. The van der Waals surface area contributed by atoms with E-state index >= 15 is 0 Å². The number of carbonyl (C=O) groups excluding carboxylic acids is 1. The van der Waals surface area contributed by atoms with E-state index in [0.717, 1.165) is 41.9 Å². The Morgan fingerprint density at radius 2 is 1.57 bits per heavy atom. The summed E-state index contributed by atoms with van der Waals surface area (Å²) in [5.41, 5.74) is 7.56. The summed E-state index contributed by atoms with van der Waals surface area (Å²) >= 11 is 0. The molecule has 5 heteroatoms. The van der Waals surface area contributed by atoms with Crippen LogP contribution in [0.2, 0.25) is 0 Å². The Morgan fingerprint density at radius 3 is 2.30 bits per heavy atom. The Kier molecular flexibility index (Phi) is 8.30. The molecule has 3 aromatic rings.